The number of halogens is 1. The summed E-state index contributed by atoms with van der Waals surface area (Å²) in [7, 11) is 0. The summed E-state index contributed by atoms with van der Waals surface area (Å²) in [5.41, 5.74) is 1.06. The van der Waals surface area contributed by atoms with E-state index in [-0.39, 0.29) is 11.9 Å². The Kier molecular flexibility index (Phi) is 6.85. The second kappa shape index (κ2) is 9.53. The van der Waals surface area contributed by atoms with E-state index in [0.717, 1.165) is 9.26 Å². The molecule has 0 radical (unpaired) electrons. The molecule has 2 aliphatic heterocycles. The summed E-state index contributed by atoms with van der Waals surface area (Å²) in [5.74, 6) is 0.558. The number of aryl methyl sites for hydroxylation is 1. The summed E-state index contributed by atoms with van der Waals surface area (Å²) >= 11 is 2.20. The quantitative estimate of drug-likeness (QED) is 0.543. The number of nitrogens with zero attached hydrogens (tertiary/aromatic N) is 5. The molecule has 1 fully saturated rings. The van der Waals surface area contributed by atoms with Crippen molar-refractivity contribution in [3.63, 3.8) is 0 Å². The minimum atomic E-state index is -0.689. The molecule has 2 aliphatic rings. The zero-order valence-electron chi connectivity index (χ0n) is 19.8. The fraction of sp³-hybridized carbons (Fsp3) is 0.478. The Bertz CT molecular complexity index is 1080. The largest absolute Gasteiger partial charge is 0.344 e. The molecule has 1 saturated heterocycles. The van der Waals surface area contributed by atoms with Gasteiger partial charge < -0.3 is 15.5 Å². The average molecular weight is 579 g/mol. The summed E-state index contributed by atoms with van der Waals surface area (Å²) in [5, 5.41) is 9.39. The molecule has 0 spiro atoms. The number of aromatic nitrogens is 2. The highest BCUT2D eigenvalue weighted by Crippen LogP contribution is 2.24. The van der Waals surface area contributed by atoms with E-state index in [1.54, 1.807) is 20.7 Å². The van der Waals surface area contributed by atoms with Crippen LogP contribution >= 0.6 is 22.6 Å². The fourth-order valence-electron chi connectivity index (χ4n) is 4.24. The van der Waals surface area contributed by atoms with Crippen molar-refractivity contribution in [3.05, 3.63) is 45.6 Å². The van der Waals surface area contributed by atoms with Gasteiger partial charge in [0, 0.05) is 35.4 Å². The summed E-state index contributed by atoms with van der Waals surface area (Å²) in [6.45, 7) is 10.1. The molecule has 182 valence electrons. The minimum Gasteiger partial charge on any atom is -0.338 e. The van der Waals surface area contributed by atoms with Crippen molar-refractivity contribution in [2.75, 3.05) is 31.5 Å². The molecule has 0 saturated carbocycles. The number of hydrogen-bond donors (Lipinski definition) is 2. The maximum atomic E-state index is 13.4. The molecule has 34 heavy (non-hydrogen) atoms. The van der Waals surface area contributed by atoms with Gasteiger partial charge in [0.1, 0.15) is 11.9 Å². The first-order chi connectivity index (χ1) is 16.0. The SMILES string of the molecule is Cc1ncc2n1C(=O)N(N1CCN(C(=O)[C@H](NC(=O)Nc3ccc(I)cc3)C(C)(C)C)CC1)C2. The van der Waals surface area contributed by atoms with Gasteiger partial charge in [-0.25, -0.2) is 24.1 Å². The summed E-state index contributed by atoms with van der Waals surface area (Å²) in [6, 6.07) is 6.24. The van der Waals surface area contributed by atoms with Crippen LogP contribution in [0.2, 0.25) is 0 Å². The van der Waals surface area contributed by atoms with Crippen molar-refractivity contribution in [2.45, 2.75) is 40.3 Å². The molecule has 0 aliphatic carbocycles. The van der Waals surface area contributed by atoms with Crippen LogP contribution in [0.5, 0.6) is 0 Å². The van der Waals surface area contributed by atoms with Crippen molar-refractivity contribution in [2.24, 2.45) is 5.41 Å². The first-order valence-corrected chi connectivity index (χ1v) is 12.3. The van der Waals surface area contributed by atoms with Crippen molar-refractivity contribution >= 4 is 46.2 Å². The van der Waals surface area contributed by atoms with E-state index in [0.29, 0.717) is 44.2 Å². The van der Waals surface area contributed by atoms with Crippen LogP contribution < -0.4 is 10.6 Å². The second-order valence-corrected chi connectivity index (χ2v) is 10.9. The number of urea groups is 1. The van der Waals surface area contributed by atoms with Gasteiger partial charge in [0.2, 0.25) is 5.91 Å². The van der Waals surface area contributed by atoms with Crippen LogP contribution in [-0.4, -0.2) is 74.7 Å². The van der Waals surface area contributed by atoms with E-state index < -0.39 is 17.5 Å². The number of nitrogens with one attached hydrogen (secondary N) is 2. The van der Waals surface area contributed by atoms with Crippen LogP contribution in [-0.2, 0) is 11.3 Å². The van der Waals surface area contributed by atoms with Gasteiger partial charge in [-0.1, -0.05) is 20.8 Å². The monoisotopic (exact) mass is 579 g/mol. The van der Waals surface area contributed by atoms with Crippen molar-refractivity contribution in [1.82, 2.24) is 29.8 Å². The number of rotatable bonds is 4. The Morgan fingerprint density at radius 3 is 2.32 bits per heavy atom. The lowest BCUT2D eigenvalue weighted by Gasteiger charge is -2.41. The van der Waals surface area contributed by atoms with Gasteiger partial charge in [0.05, 0.1) is 18.4 Å². The molecule has 10 nitrogen and oxygen atoms in total. The predicted molar refractivity (Wildman–Crippen MR) is 136 cm³/mol. The molecule has 4 amide bonds. The van der Waals surface area contributed by atoms with Gasteiger partial charge in [-0.05, 0) is 59.2 Å². The number of imidazole rings is 1. The van der Waals surface area contributed by atoms with Crippen LogP contribution in [0.15, 0.2) is 30.5 Å². The Labute approximate surface area is 212 Å². The fourth-order valence-corrected chi connectivity index (χ4v) is 4.60. The highest BCUT2D eigenvalue weighted by Gasteiger charge is 2.39. The molecule has 0 bridgehead atoms. The first kappa shape index (κ1) is 24.5. The lowest BCUT2D eigenvalue weighted by molar-refractivity contribution is -0.139. The zero-order valence-corrected chi connectivity index (χ0v) is 22.0. The number of carbonyl (C=O) groups excluding carboxylic acids is 3. The van der Waals surface area contributed by atoms with Gasteiger partial charge in [0.25, 0.3) is 0 Å². The summed E-state index contributed by atoms with van der Waals surface area (Å²) < 4.78 is 2.70. The van der Waals surface area contributed by atoms with E-state index in [4.69, 9.17) is 0 Å². The highest BCUT2D eigenvalue weighted by molar-refractivity contribution is 14.1. The Morgan fingerprint density at radius 1 is 1.09 bits per heavy atom. The molecular formula is C23H30IN7O3. The normalized spacial score (nSPS) is 17.5. The van der Waals surface area contributed by atoms with Crippen LogP contribution in [0.1, 0.15) is 32.3 Å². The Balaban J connectivity index is 1.36. The van der Waals surface area contributed by atoms with E-state index in [1.165, 1.54) is 0 Å². The third-order valence-corrected chi connectivity index (χ3v) is 6.85. The smallest absolute Gasteiger partial charge is 0.338 e. The average Bonchev–Trinajstić information content (AvgIpc) is 3.32. The Morgan fingerprint density at radius 2 is 1.74 bits per heavy atom. The molecule has 1 aromatic carbocycles. The number of anilines is 1. The van der Waals surface area contributed by atoms with E-state index in [2.05, 4.69) is 38.2 Å². The third kappa shape index (κ3) is 5.04. The number of carbonyl (C=O) groups is 3. The number of hydrazine groups is 1. The molecule has 2 aromatic rings. The lowest BCUT2D eigenvalue weighted by Crippen LogP contribution is -2.61. The standard InChI is InChI=1S/C23H30IN7O3/c1-15-25-13-18-14-30(22(34)31(15)18)29-11-9-28(10-12-29)20(32)19(23(2,3)4)27-21(33)26-17-7-5-16(24)6-8-17/h5-8,13,19H,9-12,14H2,1-4H3,(H2,26,27,33)/t19-/m0/s1. The molecule has 2 N–H and O–H groups in total. The van der Waals surface area contributed by atoms with Crippen LogP contribution in [0.3, 0.4) is 0 Å². The van der Waals surface area contributed by atoms with Crippen LogP contribution in [0.25, 0.3) is 0 Å². The number of amides is 4. The topological polar surface area (TPSA) is 103 Å². The van der Waals surface area contributed by atoms with Crippen molar-refractivity contribution < 1.29 is 14.4 Å². The van der Waals surface area contributed by atoms with Crippen molar-refractivity contribution in [3.8, 4) is 0 Å². The van der Waals surface area contributed by atoms with E-state index >= 15 is 0 Å². The van der Waals surface area contributed by atoms with Gasteiger partial charge in [-0.15, -0.1) is 0 Å². The van der Waals surface area contributed by atoms with Crippen LogP contribution in [0.4, 0.5) is 15.3 Å². The van der Waals surface area contributed by atoms with Crippen LogP contribution in [0, 0.1) is 15.9 Å². The molecule has 3 heterocycles. The molecule has 0 unspecified atom stereocenters. The van der Waals surface area contributed by atoms with Gasteiger partial charge >= 0.3 is 12.1 Å². The second-order valence-electron chi connectivity index (χ2n) is 9.66. The van der Waals surface area contributed by atoms with Gasteiger partial charge in [0.15, 0.2) is 0 Å². The molecule has 1 aromatic heterocycles. The summed E-state index contributed by atoms with van der Waals surface area (Å²) in [6.07, 6.45) is 1.73. The van der Waals surface area contributed by atoms with E-state index in [9.17, 15) is 14.4 Å². The minimum absolute atomic E-state index is 0.105. The number of piperazine rings is 1. The van der Waals surface area contributed by atoms with Crippen molar-refractivity contribution in [1.29, 1.82) is 0 Å². The first-order valence-electron chi connectivity index (χ1n) is 11.3. The molecular weight excluding hydrogens is 549 g/mol. The van der Waals surface area contributed by atoms with Gasteiger partial charge in [-0.2, -0.15) is 0 Å². The highest BCUT2D eigenvalue weighted by atomic mass is 127. The van der Waals surface area contributed by atoms with Gasteiger partial charge in [-0.3, -0.25) is 9.80 Å². The lowest BCUT2D eigenvalue weighted by atomic mass is 9.85. The predicted octanol–water partition coefficient (Wildman–Crippen LogP) is 2.88. The molecule has 4 rings (SSSR count). The number of fused-ring (bicyclic) bond motifs is 1. The molecule has 1 atom stereocenters. The van der Waals surface area contributed by atoms with E-state index in [1.807, 2.05) is 57.0 Å². The zero-order chi connectivity index (χ0) is 24.6. The summed E-state index contributed by atoms with van der Waals surface area (Å²) in [4.78, 5) is 44.8. The molecule has 11 heteroatoms. The maximum absolute atomic E-state index is 13.4. The Hall–Kier alpha value is -2.67. The maximum Gasteiger partial charge on any atom is 0.344 e. The number of benzene rings is 1. The third-order valence-electron chi connectivity index (χ3n) is 6.13. The number of hydrogen-bond acceptors (Lipinski definition) is 5.